The van der Waals surface area contributed by atoms with Crippen LogP contribution in [-0.4, -0.2) is 63.6 Å². The summed E-state index contributed by atoms with van der Waals surface area (Å²) in [7, 11) is 3.90. The third-order valence-electron chi connectivity index (χ3n) is 6.18. The molecule has 0 bridgehead atoms. The van der Waals surface area contributed by atoms with Gasteiger partial charge in [0.25, 0.3) is 5.91 Å². The zero-order chi connectivity index (χ0) is 25.6. The summed E-state index contributed by atoms with van der Waals surface area (Å²) in [5.41, 5.74) is 7.31. The summed E-state index contributed by atoms with van der Waals surface area (Å²) in [6.07, 6.45) is -2.27. The van der Waals surface area contributed by atoms with Crippen LogP contribution in [0, 0.1) is 0 Å². The molecule has 0 saturated carbocycles. The molecule has 190 valence electrons. The number of hydrogen-bond donors (Lipinski definition) is 2. The number of primary amides is 1. The van der Waals surface area contributed by atoms with Crippen molar-refractivity contribution in [2.24, 2.45) is 5.73 Å². The number of nitrogens with one attached hydrogen (secondary N) is 1. The normalized spacial score (nSPS) is 17.6. The molecule has 35 heavy (non-hydrogen) atoms. The molecule has 1 heterocycles. The smallest absolute Gasteiger partial charge is 0.251 e. The predicted octanol–water partition coefficient (Wildman–Crippen LogP) is 3.98. The van der Waals surface area contributed by atoms with Gasteiger partial charge < -0.3 is 30.0 Å². The Balaban J connectivity index is 1.54. The quantitative estimate of drug-likeness (QED) is 0.457. The lowest BCUT2D eigenvalue weighted by atomic mass is 9.98. The highest BCUT2D eigenvalue weighted by molar-refractivity contribution is 8.58. The minimum absolute atomic E-state index is 0.159. The van der Waals surface area contributed by atoms with Crippen LogP contribution in [0.25, 0.3) is 0 Å². The van der Waals surface area contributed by atoms with E-state index in [-0.39, 0.29) is 11.9 Å². The maximum absolute atomic E-state index is 13.6. The molecule has 8 nitrogen and oxygen atoms in total. The van der Waals surface area contributed by atoms with Gasteiger partial charge in [-0.25, -0.2) is 0 Å². The van der Waals surface area contributed by atoms with Gasteiger partial charge in [-0.3, -0.25) is 9.59 Å². The molecule has 10 heteroatoms. The number of nitrogens with two attached hydrogens (primary N) is 1. The fourth-order valence-electron chi connectivity index (χ4n) is 3.93. The van der Waals surface area contributed by atoms with Crippen molar-refractivity contribution in [3.8, 4) is 5.75 Å². The molecule has 0 aromatic heterocycles. The number of rotatable bonds is 10. The first-order chi connectivity index (χ1) is 16.5. The molecule has 0 spiro atoms. The molecule has 0 aliphatic carbocycles. The number of carbonyl (C=O) groups is 2. The first-order valence-electron chi connectivity index (χ1n) is 11.5. The van der Waals surface area contributed by atoms with Gasteiger partial charge in [0.05, 0.1) is 6.04 Å². The van der Waals surface area contributed by atoms with Crippen LogP contribution in [0.2, 0.25) is 0 Å². The van der Waals surface area contributed by atoms with Gasteiger partial charge in [-0.15, -0.1) is 0 Å². The molecule has 1 fully saturated rings. The lowest BCUT2D eigenvalue weighted by molar-refractivity contribution is -0.122. The Labute approximate surface area is 211 Å². The fraction of sp³-hybridized carbons (Fsp3) is 0.440. The number of anilines is 1. The van der Waals surface area contributed by atoms with Crippen LogP contribution in [0.3, 0.4) is 0 Å². The minimum atomic E-state index is -3.01. The zero-order valence-electron chi connectivity index (χ0n) is 20.7. The van der Waals surface area contributed by atoms with Crippen LogP contribution < -0.4 is 20.7 Å². The number of nitrogens with zero attached hydrogens (tertiary/aromatic N) is 1. The average molecular weight is 520 g/mol. The highest BCUT2D eigenvalue weighted by atomic mass is 32.7. The number of amides is 2. The molecule has 0 radical (unpaired) electrons. The summed E-state index contributed by atoms with van der Waals surface area (Å²) in [5.74, 6) is -0.0514. The largest absolute Gasteiger partial charge is 0.491 e. The molecule has 2 unspecified atom stereocenters. The lowest BCUT2D eigenvalue weighted by Crippen LogP contribution is -2.47. The van der Waals surface area contributed by atoms with Crippen LogP contribution in [-0.2, 0) is 14.1 Å². The highest BCUT2D eigenvalue weighted by Crippen LogP contribution is 2.70. The van der Waals surface area contributed by atoms with Gasteiger partial charge in [-0.2, -0.15) is 0 Å². The molecular formula is C25H34N3O5PS. The number of ether oxygens (including phenoxy) is 2. The summed E-state index contributed by atoms with van der Waals surface area (Å²) < 4.78 is 24.8. The van der Waals surface area contributed by atoms with Crippen molar-refractivity contribution in [2.75, 3.05) is 45.5 Å². The van der Waals surface area contributed by atoms with Gasteiger partial charge >= 0.3 is 0 Å². The van der Waals surface area contributed by atoms with Crippen LogP contribution in [0.1, 0.15) is 30.1 Å². The van der Waals surface area contributed by atoms with Crippen molar-refractivity contribution in [3.05, 3.63) is 54.1 Å². The molecule has 2 aromatic carbocycles. The van der Waals surface area contributed by atoms with E-state index in [1.54, 1.807) is 30.9 Å². The summed E-state index contributed by atoms with van der Waals surface area (Å²) in [4.78, 5) is 27.5. The summed E-state index contributed by atoms with van der Waals surface area (Å²) in [6, 6.07) is 14.4. The third kappa shape index (κ3) is 6.60. The van der Waals surface area contributed by atoms with Gasteiger partial charge in [0.1, 0.15) is 17.5 Å². The lowest BCUT2D eigenvalue weighted by Gasteiger charge is -2.38. The Morgan fingerprint density at radius 3 is 2.29 bits per heavy atom. The highest BCUT2D eigenvalue weighted by Gasteiger charge is 2.51. The van der Waals surface area contributed by atoms with E-state index >= 15 is 0 Å². The maximum atomic E-state index is 13.6. The third-order valence-corrected chi connectivity index (χ3v) is 12.0. The maximum Gasteiger partial charge on any atom is 0.251 e. The first kappa shape index (κ1) is 27.1. The Hall–Kier alpha value is -2.48. The predicted molar refractivity (Wildman–Crippen MR) is 141 cm³/mol. The van der Waals surface area contributed by atoms with E-state index in [4.69, 9.17) is 15.2 Å². The number of benzene rings is 2. The Morgan fingerprint density at radius 1 is 1.14 bits per heavy atom. The van der Waals surface area contributed by atoms with Crippen molar-refractivity contribution in [1.82, 2.24) is 5.32 Å². The first-order valence-corrected chi connectivity index (χ1v) is 15.1. The van der Waals surface area contributed by atoms with E-state index in [1.807, 2.05) is 50.2 Å². The topological polar surface area (TPSA) is 111 Å². The fourth-order valence-corrected chi connectivity index (χ4v) is 9.07. The van der Waals surface area contributed by atoms with Crippen LogP contribution in [0.15, 0.2) is 53.4 Å². The van der Waals surface area contributed by atoms with Gasteiger partial charge in [0.15, 0.2) is 6.34 Å². The Bertz CT molecular complexity index is 1070. The molecule has 3 N–H and O–H groups in total. The van der Waals surface area contributed by atoms with Crippen LogP contribution in [0.4, 0.5) is 5.69 Å². The van der Waals surface area contributed by atoms with E-state index in [9.17, 15) is 14.2 Å². The molecule has 3 rings (SSSR count). The Morgan fingerprint density at radius 2 is 1.74 bits per heavy atom. The van der Waals surface area contributed by atoms with Gasteiger partial charge in [-0.1, -0.05) is 11.4 Å². The van der Waals surface area contributed by atoms with Gasteiger partial charge in [0, 0.05) is 43.5 Å². The van der Waals surface area contributed by atoms with Gasteiger partial charge in [0.2, 0.25) is 5.91 Å². The molecule has 2 amide bonds. The van der Waals surface area contributed by atoms with Crippen molar-refractivity contribution in [1.29, 1.82) is 0 Å². The Kier molecular flexibility index (Phi) is 8.91. The number of carbonyl (C=O) groups excluding carboxylic acids is 2. The SMILES string of the molecule is CC(COc1ccc(SP(C)(=O)C2(C(N)=O)CCOCC2)cc1)NC(=O)c1ccc(N(C)C)cc1. The van der Waals surface area contributed by atoms with Crippen molar-refractivity contribution < 1.29 is 23.6 Å². The summed E-state index contributed by atoms with van der Waals surface area (Å²) in [6.45, 7) is 4.57. The number of hydrogen-bond acceptors (Lipinski definition) is 7. The molecular weight excluding hydrogens is 485 g/mol. The molecule has 1 aliphatic heterocycles. The monoisotopic (exact) mass is 519 g/mol. The van der Waals surface area contributed by atoms with E-state index in [0.29, 0.717) is 44.0 Å². The van der Waals surface area contributed by atoms with Crippen molar-refractivity contribution >= 4 is 35.2 Å². The standard InChI is InChI=1S/C25H34N3O5PS/c1-18(27-23(29)19-5-7-20(8-6-19)28(2)3)17-33-21-9-11-22(12-10-21)35-34(4,31)25(24(26)30)13-15-32-16-14-25/h5-12,18H,13-17H2,1-4H3,(H2,26,30)(H,27,29). The van der Waals surface area contributed by atoms with Crippen LogP contribution >= 0.6 is 17.7 Å². The van der Waals surface area contributed by atoms with Crippen molar-refractivity contribution in [2.45, 2.75) is 35.9 Å². The second-order valence-corrected chi connectivity index (χ2v) is 14.9. The molecule has 2 aromatic rings. The van der Waals surface area contributed by atoms with Crippen LogP contribution in [0.5, 0.6) is 5.75 Å². The van der Waals surface area contributed by atoms with E-state index < -0.39 is 17.4 Å². The zero-order valence-corrected chi connectivity index (χ0v) is 22.4. The minimum Gasteiger partial charge on any atom is -0.491 e. The van der Waals surface area contributed by atoms with E-state index in [0.717, 1.165) is 10.6 Å². The average Bonchev–Trinajstić information content (AvgIpc) is 2.83. The second-order valence-electron chi connectivity index (χ2n) is 9.04. The molecule has 1 saturated heterocycles. The summed E-state index contributed by atoms with van der Waals surface area (Å²) in [5, 5.41) is 1.89. The second kappa shape index (κ2) is 11.5. The van der Waals surface area contributed by atoms with Crippen molar-refractivity contribution in [3.63, 3.8) is 0 Å². The van der Waals surface area contributed by atoms with Gasteiger partial charge in [-0.05, 0) is 75.0 Å². The van der Waals surface area contributed by atoms with E-state index in [2.05, 4.69) is 5.32 Å². The van der Waals surface area contributed by atoms with E-state index in [1.165, 1.54) is 11.4 Å². The molecule has 2 atom stereocenters. The molecule has 1 aliphatic rings. The summed E-state index contributed by atoms with van der Waals surface area (Å²) >= 11 is 1.20.